The van der Waals surface area contributed by atoms with Crippen LogP contribution in [0.15, 0.2) is 42.5 Å². The van der Waals surface area contributed by atoms with Crippen molar-refractivity contribution in [3.05, 3.63) is 65.2 Å². The molecule has 2 aromatic carbocycles. The Balaban J connectivity index is 1.45. The number of rotatable bonds is 9. The number of nitrogens with one attached hydrogen (secondary N) is 1. The molecule has 27 heavy (non-hydrogen) atoms. The van der Waals surface area contributed by atoms with Gasteiger partial charge in [0.2, 0.25) is 0 Å². The standard InChI is InChI=1S/C23H29F2NS/c24-20-13-14-22(25)23(16-20)26-17-19-10-5-4-8-18(19)9-6-7-15-27-21-11-2-1-3-12-21/h4-5,8,10,13-14,16,21,26H,1-3,6-7,9,11-12,15,17H2. The van der Waals surface area contributed by atoms with E-state index >= 15 is 0 Å². The lowest BCUT2D eigenvalue weighted by molar-refractivity contribution is 0.516. The van der Waals surface area contributed by atoms with Gasteiger partial charge < -0.3 is 5.32 Å². The average molecular weight is 390 g/mol. The van der Waals surface area contributed by atoms with Crippen LogP contribution in [0.5, 0.6) is 0 Å². The lowest BCUT2D eigenvalue weighted by atomic mass is 10.0. The van der Waals surface area contributed by atoms with Gasteiger partial charge in [-0.15, -0.1) is 0 Å². The number of halogens is 2. The summed E-state index contributed by atoms with van der Waals surface area (Å²) in [5.41, 5.74) is 2.67. The topological polar surface area (TPSA) is 12.0 Å². The Morgan fingerprint density at radius 1 is 0.926 bits per heavy atom. The highest BCUT2D eigenvalue weighted by Gasteiger charge is 2.13. The lowest BCUT2D eigenvalue weighted by Gasteiger charge is -2.20. The third kappa shape index (κ3) is 6.53. The summed E-state index contributed by atoms with van der Waals surface area (Å²) in [7, 11) is 0. The SMILES string of the molecule is Fc1ccc(F)c(NCc2ccccc2CCCCSC2CCCCC2)c1. The normalized spacial score (nSPS) is 15.0. The monoisotopic (exact) mass is 389 g/mol. The Hall–Kier alpha value is -1.55. The van der Waals surface area contributed by atoms with Gasteiger partial charge in [-0.3, -0.25) is 0 Å². The first kappa shape index (κ1) is 20.2. The Labute approximate surface area is 166 Å². The maximum atomic E-state index is 13.8. The van der Waals surface area contributed by atoms with Crippen molar-refractivity contribution in [3.8, 4) is 0 Å². The highest BCUT2D eigenvalue weighted by atomic mass is 32.2. The van der Waals surface area contributed by atoms with Crippen LogP contribution in [-0.2, 0) is 13.0 Å². The van der Waals surface area contributed by atoms with Crippen LogP contribution in [-0.4, -0.2) is 11.0 Å². The van der Waals surface area contributed by atoms with Gasteiger partial charge in [-0.25, -0.2) is 8.78 Å². The predicted octanol–water partition coefficient (Wildman–Crippen LogP) is 6.97. The van der Waals surface area contributed by atoms with Crippen molar-refractivity contribution in [2.45, 2.75) is 63.2 Å². The van der Waals surface area contributed by atoms with Crippen molar-refractivity contribution in [3.63, 3.8) is 0 Å². The first-order chi connectivity index (χ1) is 13.2. The van der Waals surface area contributed by atoms with E-state index in [1.165, 1.54) is 62.3 Å². The van der Waals surface area contributed by atoms with Gasteiger partial charge in [-0.2, -0.15) is 11.8 Å². The van der Waals surface area contributed by atoms with Crippen molar-refractivity contribution < 1.29 is 8.78 Å². The number of aryl methyl sites for hydroxylation is 1. The van der Waals surface area contributed by atoms with Crippen LogP contribution in [0.1, 0.15) is 56.1 Å². The van der Waals surface area contributed by atoms with Gasteiger partial charge in [0, 0.05) is 11.8 Å². The van der Waals surface area contributed by atoms with Gasteiger partial charge in [-0.05, 0) is 67.2 Å². The molecule has 0 bridgehead atoms. The van der Waals surface area contributed by atoms with Gasteiger partial charge in [-0.1, -0.05) is 43.5 Å². The molecule has 0 radical (unpaired) electrons. The molecule has 1 N–H and O–H groups in total. The minimum Gasteiger partial charge on any atom is -0.379 e. The Kier molecular flexibility index (Phi) is 8.00. The summed E-state index contributed by atoms with van der Waals surface area (Å²) in [5.74, 6) is 0.399. The van der Waals surface area contributed by atoms with E-state index in [0.717, 1.165) is 29.4 Å². The Morgan fingerprint density at radius 3 is 2.52 bits per heavy atom. The Bertz CT molecular complexity index is 713. The van der Waals surface area contributed by atoms with Gasteiger partial charge in [0.1, 0.15) is 11.6 Å². The highest BCUT2D eigenvalue weighted by molar-refractivity contribution is 7.99. The summed E-state index contributed by atoms with van der Waals surface area (Å²) in [6, 6.07) is 11.8. The molecule has 1 aliphatic carbocycles. The molecule has 1 saturated carbocycles. The van der Waals surface area contributed by atoms with Gasteiger partial charge >= 0.3 is 0 Å². The summed E-state index contributed by atoms with van der Waals surface area (Å²) in [5, 5.41) is 3.92. The highest BCUT2D eigenvalue weighted by Crippen LogP contribution is 2.29. The third-order valence-electron chi connectivity index (χ3n) is 5.26. The van der Waals surface area contributed by atoms with Crippen molar-refractivity contribution >= 4 is 17.4 Å². The average Bonchev–Trinajstić information content (AvgIpc) is 2.70. The van der Waals surface area contributed by atoms with Crippen LogP contribution in [0.3, 0.4) is 0 Å². The van der Waals surface area contributed by atoms with Crippen molar-refractivity contribution in [1.82, 2.24) is 0 Å². The van der Waals surface area contributed by atoms with E-state index in [9.17, 15) is 8.78 Å². The van der Waals surface area contributed by atoms with E-state index in [0.29, 0.717) is 6.54 Å². The molecule has 0 atom stereocenters. The zero-order valence-corrected chi connectivity index (χ0v) is 16.7. The van der Waals surface area contributed by atoms with Crippen molar-refractivity contribution in [2.75, 3.05) is 11.1 Å². The number of benzene rings is 2. The fraction of sp³-hybridized carbons (Fsp3) is 0.478. The van der Waals surface area contributed by atoms with Crippen LogP contribution in [0, 0.1) is 11.6 Å². The van der Waals surface area contributed by atoms with Gasteiger partial charge in [0.25, 0.3) is 0 Å². The molecule has 0 unspecified atom stereocenters. The summed E-state index contributed by atoms with van der Waals surface area (Å²) in [6.45, 7) is 0.507. The van der Waals surface area contributed by atoms with E-state index in [1.807, 2.05) is 6.07 Å². The Morgan fingerprint density at radius 2 is 1.70 bits per heavy atom. The molecule has 0 saturated heterocycles. The first-order valence-corrected chi connectivity index (χ1v) is 11.1. The van der Waals surface area contributed by atoms with E-state index in [-0.39, 0.29) is 5.69 Å². The van der Waals surface area contributed by atoms with E-state index in [1.54, 1.807) is 0 Å². The zero-order chi connectivity index (χ0) is 18.9. The second-order valence-electron chi connectivity index (χ2n) is 7.33. The maximum Gasteiger partial charge on any atom is 0.146 e. The molecule has 0 aliphatic heterocycles. The molecular weight excluding hydrogens is 360 g/mol. The van der Waals surface area contributed by atoms with Crippen LogP contribution in [0.2, 0.25) is 0 Å². The minimum absolute atomic E-state index is 0.216. The number of thioether (sulfide) groups is 1. The molecule has 1 aliphatic rings. The summed E-state index contributed by atoms with van der Waals surface area (Å²) < 4.78 is 27.1. The molecule has 1 nitrogen and oxygen atoms in total. The van der Waals surface area contributed by atoms with Crippen molar-refractivity contribution in [2.24, 2.45) is 0 Å². The second-order valence-corrected chi connectivity index (χ2v) is 8.74. The minimum atomic E-state index is -0.428. The second kappa shape index (κ2) is 10.7. The predicted molar refractivity (Wildman–Crippen MR) is 112 cm³/mol. The van der Waals surface area contributed by atoms with Crippen LogP contribution < -0.4 is 5.32 Å². The number of hydrogen-bond donors (Lipinski definition) is 1. The maximum absolute atomic E-state index is 13.8. The quantitative estimate of drug-likeness (QED) is 0.465. The molecule has 0 aromatic heterocycles. The fourth-order valence-electron chi connectivity index (χ4n) is 3.70. The van der Waals surface area contributed by atoms with E-state index in [4.69, 9.17) is 0 Å². The third-order valence-corrected chi connectivity index (χ3v) is 6.73. The zero-order valence-electron chi connectivity index (χ0n) is 15.9. The number of hydrogen-bond acceptors (Lipinski definition) is 2. The summed E-state index contributed by atoms with van der Waals surface area (Å²) >= 11 is 2.16. The first-order valence-electron chi connectivity index (χ1n) is 10.1. The van der Waals surface area contributed by atoms with Crippen LogP contribution in [0.4, 0.5) is 14.5 Å². The molecule has 2 aromatic rings. The summed E-state index contributed by atoms with van der Waals surface area (Å²) in [6.07, 6.45) is 10.5. The van der Waals surface area contributed by atoms with E-state index < -0.39 is 11.6 Å². The van der Waals surface area contributed by atoms with Crippen LogP contribution >= 0.6 is 11.8 Å². The molecule has 3 rings (SSSR count). The molecule has 0 amide bonds. The van der Waals surface area contributed by atoms with E-state index in [2.05, 4.69) is 35.3 Å². The molecular formula is C23H29F2NS. The number of anilines is 1. The van der Waals surface area contributed by atoms with Gasteiger partial charge in [0.05, 0.1) is 5.69 Å². The largest absolute Gasteiger partial charge is 0.379 e. The number of unbranched alkanes of at least 4 members (excludes halogenated alkanes) is 1. The smallest absolute Gasteiger partial charge is 0.146 e. The summed E-state index contributed by atoms with van der Waals surface area (Å²) in [4.78, 5) is 0. The lowest BCUT2D eigenvalue weighted by Crippen LogP contribution is -2.08. The molecule has 1 fully saturated rings. The fourth-order valence-corrected chi connectivity index (χ4v) is 5.07. The molecule has 0 heterocycles. The van der Waals surface area contributed by atoms with Crippen LogP contribution in [0.25, 0.3) is 0 Å². The molecule has 146 valence electrons. The molecule has 4 heteroatoms. The van der Waals surface area contributed by atoms with Crippen molar-refractivity contribution in [1.29, 1.82) is 0 Å². The van der Waals surface area contributed by atoms with Gasteiger partial charge in [0.15, 0.2) is 0 Å². The molecule has 0 spiro atoms.